The molecule has 1 amide bonds. The van der Waals surface area contributed by atoms with Crippen molar-refractivity contribution in [3.8, 4) is 0 Å². The number of fused-ring (bicyclic) bond motifs is 3. The van der Waals surface area contributed by atoms with E-state index in [1.54, 1.807) is 22.9 Å². The Kier molecular flexibility index (Phi) is 6.61. The maximum atomic E-state index is 13.5. The van der Waals surface area contributed by atoms with Crippen LogP contribution in [0.3, 0.4) is 0 Å². The van der Waals surface area contributed by atoms with Gasteiger partial charge in [0.1, 0.15) is 15.3 Å². The molecule has 9 heteroatoms. The van der Waals surface area contributed by atoms with Crippen LogP contribution in [0, 0.1) is 12.7 Å². The Morgan fingerprint density at radius 2 is 1.83 bits per heavy atom. The zero-order valence-corrected chi connectivity index (χ0v) is 20.5. The lowest BCUT2D eigenvalue weighted by atomic mass is 10.1. The summed E-state index contributed by atoms with van der Waals surface area (Å²) < 4.78 is 15.5. The Morgan fingerprint density at radius 3 is 2.60 bits per heavy atom. The second kappa shape index (κ2) is 9.97. The van der Waals surface area contributed by atoms with Crippen LogP contribution in [0.15, 0.2) is 76.8 Å². The number of rotatable bonds is 7. The number of thioether (sulfide) groups is 1. The molecule has 5 rings (SSSR count). The highest BCUT2D eigenvalue weighted by Crippen LogP contribution is 2.30. The highest BCUT2D eigenvalue weighted by Gasteiger charge is 2.18. The van der Waals surface area contributed by atoms with E-state index in [0.717, 1.165) is 26.9 Å². The molecular weight excluding hydrogens is 483 g/mol. The van der Waals surface area contributed by atoms with Crippen molar-refractivity contribution in [3.63, 3.8) is 0 Å². The van der Waals surface area contributed by atoms with Crippen molar-refractivity contribution in [2.75, 3.05) is 5.75 Å². The predicted molar refractivity (Wildman–Crippen MR) is 138 cm³/mol. The molecule has 3 aromatic heterocycles. The molecule has 0 bridgehead atoms. The van der Waals surface area contributed by atoms with Crippen LogP contribution in [-0.2, 0) is 17.9 Å². The van der Waals surface area contributed by atoms with Crippen molar-refractivity contribution >= 4 is 49.4 Å². The average molecular weight is 505 g/mol. The number of nitrogens with zero attached hydrogens (tertiary/aromatic N) is 3. The number of benzene rings is 2. The van der Waals surface area contributed by atoms with E-state index in [2.05, 4.69) is 10.3 Å². The molecule has 1 N–H and O–H groups in total. The first-order valence-electron chi connectivity index (χ1n) is 11.0. The number of amides is 1. The van der Waals surface area contributed by atoms with Gasteiger partial charge in [-0.2, -0.15) is 0 Å². The third kappa shape index (κ3) is 5.11. The number of aromatic nitrogens is 3. The van der Waals surface area contributed by atoms with E-state index in [9.17, 15) is 14.0 Å². The number of hydrogen-bond donors (Lipinski definition) is 1. The van der Waals surface area contributed by atoms with Gasteiger partial charge in [-0.1, -0.05) is 53.7 Å². The largest absolute Gasteiger partial charge is 0.351 e. The number of halogens is 1. The number of carbonyl (C=O) groups excluding carboxylic acids is 1. The zero-order chi connectivity index (χ0) is 24.4. The van der Waals surface area contributed by atoms with Crippen molar-refractivity contribution in [1.82, 2.24) is 19.9 Å². The van der Waals surface area contributed by atoms with Crippen LogP contribution in [-0.4, -0.2) is 26.2 Å². The number of aryl methyl sites for hydroxylation is 1. The van der Waals surface area contributed by atoms with Gasteiger partial charge in [0, 0.05) is 18.1 Å². The highest BCUT2D eigenvalue weighted by atomic mass is 32.2. The Balaban J connectivity index is 1.44. The van der Waals surface area contributed by atoms with Crippen molar-refractivity contribution in [1.29, 1.82) is 0 Å². The van der Waals surface area contributed by atoms with Gasteiger partial charge in [0.15, 0.2) is 5.16 Å². The lowest BCUT2D eigenvalue weighted by molar-refractivity contribution is -0.118. The minimum Gasteiger partial charge on any atom is -0.351 e. The minimum absolute atomic E-state index is 0.105. The number of hydrogen-bond acceptors (Lipinski definition) is 6. The summed E-state index contributed by atoms with van der Waals surface area (Å²) in [5, 5.41) is 4.16. The van der Waals surface area contributed by atoms with E-state index in [-0.39, 0.29) is 29.6 Å². The summed E-state index contributed by atoms with van der Waals surface area (Å²) in [7, 11) is 0. The maximum absolute atomic E-state index is 13.5. The molecular formula is C26H21FN4O2S2. The van der Waals surface area contributed by atoms with E-state index in [0.29, 0.717) is 21.9 Å². The van der Waals surface area contributed by atoms with Crippen LogP contribution in [0.25, 0.3) is 20.4 Å². The summed E-state index contributed by atoms with van der Waals surface area (Å²) in [6.07, 6.45) is 1.68. The van der Waals surface area contributed by atoms with Gasteiger partial charge in [-0.3, -0.25) is 14.2 Å². The van der Waals surface area contributed by atoms with Gasteiger partial charge < -0.3 is 5.32 Å². The Labute approximate surface area is 208 Å². The van der Waals surface area contributed by atoms with Gasteiger partial charge in [-0.15, -0.1) is 11.3 Å². The summed E-state index contributed by atoms with van der Waals surface area (Å²) in [6.45, 7) is 2.66. The van der Waals surface area contributed by atoms with Crippen molar-refractivity contribution in [3.05, 3.63) is 99.7 Å². The van der Waals surface area contributed by atoms with Crippen LogP contribution >= 0.6 is 23.1 Å². The average Bonchev–Trinajstić information content (AvgIpc) is 3.24. The summed E-state index contributed by atoms with van der Waals surface area (Å²) in [5.41, 5.74) is 3.32. The fraction of sp³-hybridized carbons (Fsp3) is 0.154. The van der Waals surface area contributed by atoms with Gasteiger partial charge in [0.05, 0.1) is 17.8 Å². The normalized spacial score (nSPS) is 11.3. The third-order valence-electron chi connectivity index (χ3n) is 5.51. The summed E-state index contributed by atoms with van der Waals surface area (Å²) >= 11 is 2.51. The number of carbonyl (C=O) groups is 1. The molecule has 0 saturated heterocycles. The van der Waals surface area contributed by atoms with E-state index < -0.39 is 0 Å². The van der Waals surface area contributed by atoms with Crippen molar-refractivity contribution in [2.24, 2.45) is 0 Å². The first-order valence-corrected chi connectivity index (χ1v) is 12.8. The SMILES string of the molecule is Cc1ccc(CNC(=O)CSc2nc3c(sc4ncccc43)c(=O)n2Cc2ccc(F)cc2)cc1. The monoisotopic (exact) mass is 504 g/mol. The molecule has 2 aromatic carbocycles. The van der Waals surface area contributed by atoms with Gasteiger partial charge in [-0.25, -0.2) is 14.4 Å². The summed E-state index contributed by atoms with van der Waals surface area (Å²) in [4.78, 5) is 35.9. The van der Waals surface area contributed by atoms with E-state index in [4.69, 9.17) is 4.98 Å². The molecule has 176 valence electrons. The van der Waals surface area contributed by atoms with E-state index >= 15 is 0 Å². The van der Waals surface area contributed by atoms with Crippen molar-refractivity contribution < 1.29 is 9.18 Å². The standard InChI is InChI=1S/C26H21FN4O2S2/c1-16-4-6-17(7-5-16)13-29-21(32)15-34-26-30-22-20-3-2-12-28-24(20)35-23(22)25(33)31(26)14-18-8-10-19(27)11-9-18/h2-12H,13-15H2,1H3,(H,29,32). The van der Waals surface area contributed by atoms with Crippen LogP contribution in [0.1, 0.15) is 16.7 Å². The van der Waals surface area contributed by atoms with Gasteiger partial charge in [-0.05, 0) is 42.3 Å². The van der Waals surface area contributed by atoms with Crippen LogP contribution < -0.4 is 10.9 Å². The highest BCUT2D eigenvalue weighted by molar-refractivity contribution is 7.99. The van der Waals surface area contributed by atoms with E-state index in [1.807, 2.05) is 43.3 Å². The van der Waals surface area contributed by atoms with Crippen LogP contribution in [0.2, 0.25) is 0 Å². The van der Waals surface area contributed by atoms with Crippen LogP contribution in [0.5, 0.6) is 0 Å². The molecule has 0 aliphatic heterocycles. The van der Waals surface area contributed by atoms with Crippen molar-refractivity contribution in [2.45, 2.75) is 25.2 Å². The van der Waals surface area contributed by atoms with Gasteiger partial charge in [0.25, 0.3) is 5.56 Å². The molecule has 0 atom stereocenters. The minimum atomic E-state index is -0.342. The fourth-order valence-electron chi connectivity index (χ4n) is 3.65. The summed E-state index contributed by atoms with van der Waals surface area (Å²) in [5.74, 6) is -0.395. The molecule has 6 nitrogen and oxygen atoms in total. The Bertz CT molecular complexity index is 1580. The molecule has 3 heterocycles. The van der Waals surface area contributed by atoms with Gasteiger partial charge >= 0.3 is 0 Å². The maximum Gasteiger partial charge on any atom is 0.272 e. The topological polar surface area (TPSA) is 76.9 Å². The second-order valence-corrected chi connectivity index (χ2v) is 10.0. The van der Waals surface area contributed by atoms with Crippen LogP contribution in [0.4, 0.5) is 4.39 Å². The van der Waals surface area contributed by atoms with Gasteiger partial charge in [0.2, 0.25) is 5.91 Å². The molecule has 0 saturated carbocycles. The predicted octanol–water partition coefficient (Wildman–Crippen LogP) is 4.91. The molecule has 0 aliphatic carbocycles. The third-order valence-corrected chi connectivity index (χ3v) is 7.58. The molecule has 0 spiro atoms. The lowest BCUT2D eigenvalue weighted by Crippen LogP contribution is -2.26. The molecule has 0 unspecified atom stereocenters. The molecule has 0 aliphatic rings. The summed E-state index contributed by atoms with van der Waals surface area (Å²) in [6, 6.07) is 17.7. The van der Waals surface area contributed by atoms with E-state index in [1.165, 1.54) is 35.2 Å². The first-order chi connectivity index (χ1) is 17.0. The lowest BCUT2D eigenvalue weighted by Gasteiger charge is -2.12. The fourth-order valence-corrected chi connectivity index (χ4v) is 5.50. The Morgan fingerprint density at radius 1 is 1.09 bits per heavy atom. The first kappa shape index (κ1) is 23.2. The number of pyridine rings is 1. The zero-order valence-electron chi connectivity index (χ0n) is 18.8. The molecule has 0 radical (unpaired) electrons. The number of nitrogens with one attached hydrogen (secondary N) is 1. The quantitative estimate of drug-likeness (QED) is 0.252. The number of thiophene rings is 1. The molecule has 0 fully saturated rings. The Hall–Kier alpha value is -3.56. The smallest absolute Gasteiger partial charge is 0.272 e. The molecule has 35 heavy (non-hydrogen) atoms. The second-order valence-electron chi connectivity index (χ2n) is 8.10. The molecule has 5 aromatic rings.